The molecule has 1 aliphatic heterocycles. The van der Waals surface area contributed by atoms with Crippen molar-refractivity contribution in [1.29, 1.82) is 0 Å². The van der Waals surface area contributed by atoms with E-state index in [1.807, 2.05) is 11.0 Å². The maximum Gasteiger partial charge on any atom is 0.248 e. The third-order valence-corrected chi connectivity index (χ3v) is 6.20. The summed E-state index contributed by atoms with van der Waals surface area (Å²) in [6, 6.07) is 6.97. The molecule has 0 bridgehead atoms. The highest BCUT2D eigenvalue weighted by Crippen LogP contribution is 2.32. The predicted octanol–water partition coefficient (Wildman–Crippen LogP) is -0.716. The fraction of sp³-hybridized carbons (Fsp3) is 0.435. The zero-order valence-corrected chi connectivity index (χ0v) is 19.6. The number of carbonyl (C=O) groups excluding carboxylic acids is 2. The Morgan fingerprint density at radius 2 is 1.92 bits per heavy atom. The van der Waals surface area contributed by atoms with E-state index in [0.717, 1.165) is 5.56 Å². The third-order valence-electron chi connectivity index (χ3n) is 6.20. The summed E-state index contributed by atoms with van der Waals surface area (Å²) in [5.74, 6) is -0.695. The maximum atomic E-state index is 11.6. The number of hydrogen-bond donors (Lipinski definition) is 5. The minimum Gasteiger partial charge on any atom is -0.387 e. The lowest BCUT2D eigenvalue weighted by molar-refractivity contribution is -0.118. The van der Waals surface area contributed by atoms with E-state index in [0.29, 0.717) is 42.7 Å². The number of hydrogen-bond acceptors (Lipinski definition) is 10. The van der Waals surface area contributed by atoms with Crippen LogP contribution in [0.25, 0.3) is 11.2 Å². The molecule has 4 rings (SSSR count). The van der Waals surface area contributed by atoms with E-state index in [2.05, 4.69) is 15.0 Å². The lowest BCUT2D eigenvalue weighted by Gasteiger charge is -2.27. The van der Waals surface area contributed by atoms with Crippen molar-refractivity contribution in [2.75, 3.05) is 18.8 Å². The normalized spacial score (nSPS) is 21.9. The van der Waals surface area contributed by atoms with E-state index in [-0.39, 0.29) is 24.7 Å². The first-order valence-corrected chi connectivity index (χ1v) is 11.6. The molecule has 1 fully saturated rings. The Hall–Kier alpha value is -3.65. The molecule has 1 aromatic carbocycles. The van der Waals surface area contributed by atoms with Gasteiger partial charge in [0.2, 0.25) is 11.8 Å². The first-order chi connectivity index (χ1) is 17.2. The number of rotatable bonds is 11. The molecule has 2 amide bonds. The number of nitrogens with zero attached hydrogens (tertiary/aromatic N) is 5. The molecule has 1 aliphatic rings. The molecule has 3 heterocycles. The van der Waals surface area contributed by atoms with Gasteiger partial charge in [0.25, 0.3) is 0 Å². The van der Waals surface area contributed by atoms with Gasteiger partial charge in [-0.1, -0.05) is 12.1 Å². The van der Waals surface area contributed by atoms with Crippen LogP contribution in [0.2, 0.25) is 0 Å². The van der Waals surface area contributed by atoms with Crippen LogP contribution in [0.4, 0.5) is 5.82 Å². The van der Waals surface area contributed by atoms with Gasteiger partial charge in [-0.25, -0.2) is 15.0 Å². The van der Waals surface area contributed by atoms with Gasteiger partial charge >= 0.3 is 0 Å². The molecule has 36 heavy (non-hydrogen) atoms. The molecule has 3 aromatic rings. The summed E-state index contributed by atoms with van der Waals surface area (Å²) in [6.45, 7) is 1.28. The van der Waals surface area contributed by atoms with Crippen molar-refractivity contribution in [2.45, 2.75) is 50.3 Å². The molecule has 1 saturated heterocycles. The highest BCUT2D eigenvalue weighted by molar-refractivity contribution is 5.92. The predicted molar refractivity (Wildman–Crippen MR) is 129 cm³/mol. The second kappa shape index (κ2) is 11.0. The molecule has 2 aromatic heterocycles. The van der Waals surface area contributed by atoms with Gasteiger partial charge in [0, 0.05) is 25.1 Å². The number of primary amides is 2. The summed E-state index contributed by atoms with van der Waals surface area (Å²) in [5.41, 5.74) is 18.5. The molecule has 0 aliphatic carbocycles. The van der Waals surface area contributed by atoms with Gasteiger partial charge in [-0.05, 0) is 37.1 Å². The second-order valence-electron chi connectivity index (χ2n) is 8.85. The van der Waals surface area contributed by atoms with Gasteiger partial charge in [0.1, 0.15) is 30.2 Å². The number of nitrogen functional groups attached to an aromatic ring is 1. The van der Waals surface area contributed by atoms with E-state index in [4.69, 9.17) is 21.9 Å². The number of ether oxygens (including phenoxy) is 1. The highest BCUT2D eigenvalue weighted by Gasteiger charge is 2.44. The van der Waals surface area contributed by atoms with Gasteiger partial charge in [-0.3, -0.25) is 19.1 Å². The van der Waals surface area contributed by atoms with Crippen LogP contribution in [0.1, 0.15) is 41.4 Å². The van der Waals surface area contributed by atoms with E-state index < -0.39 is 30.4 Å². The minimum absolute atomic E-state index is 0.198. The molecular formula is C23H30N8O5. The minimum atomic E-state index is -1.24. The van der Waals surface area contributed by atoms with Crippen LogP contribution in [-0.4, -0.2) is 77.8 Å². The first kappa shape index (κ1) is 25.4. The number of benzene rings is 1. The Morgan fingerprint density at radius 3 is 2.67 bits per heavy atom. The molecule has 13 nitrogen and oxygen atoms in total. The summed E-state index contributed by atoms with van der Waals surface area (Å²) < 4.78 is 7.61. The molecule has 0 saturated carbocycles. The number of amides is 2. The molecule has 0 radical (unpaired) electrons. The van der Waals surface area contributed by atoms with E-state index in [9.17, 15) is 19.8 Å². The molecule has 4 atom stereocenters. The largest absolute Gasteiger partial charge is 0.387 e. The summed E-state index contributed by atoms with van der Waals surface area (Å²) in [5, 5.41) is 21.6. The molecule has 0 unspecified atom stereocenters. The van der Waals surface area contributed by atoms with Crippen molar-refractivity contribution >= 4 is 28.8 Å². The van der Waals surface area contributed by atoms with Crippen molar-refractivity contribution in [1.82, 2.24) is 24.4 Å². The number of carbonyl (C=O) groups is 2. The number of aliphatic hydroxyl groups is 2. The van der Waals surface area contributed by atoms with Crippen LogP contribution < -0.4 is 17.2 Å². The summed E-state index contributed by atoms with van der Waals surface area (Å²) >= 11 is 0. The Morgan fingerprint density at radius 1 is 1.11 bits per heavy atom. The topological polar surface area (TPSA) is 209 Å². The molecule has 8 N–H and O–H groups in total. The summed E-state index contributed by atoms with van der Waals surface area (Å²) in [4.78, 5) is 37.0. The number of imidazole rings is 1. The van der Waals surface area contributed by atoms with Crippen LogP contribution in [0, 0.1) is 0 Å². The van der Waals surface area contributed by atoms with Crippen LogP contribution in [0.3, 0.4) is 0 Å². The van der Waals surface area contributed by atoms with Gasteiger partial charge in [0.15, 0.2) is 17.7 Å². The fourth-order valence-electron chi connectivity index (χ4n) is 4.37. The summed E-state index contributed by atoms with van der Waals surface area (Å²) in [7, 11) is 0. The number of fused-ring (bicyclic) bond motifs is 1. The SMILES string of the molecule is NC(=O)CCCCN(Cc1cccc(C(N)=O)c1)C[C@H]1O[C@@H](n2cnc3c(N)ncnc32)[C@H](O)[C@@H]1O. The third kappa shape index (κ3) is 5.60. The zero-order chi connectivity index (χ0) is 25.8. The Labute approximate surface area is 206 Å². The standard InChI is InChI=1S/C23H30N8O5/c24-16(32)6-1-2-7-30(9-13-4-3-5-14(8-13)21(26)35)10-15-18(33)19(34)23(36-15)31-12-29-17-20(25)27-11-28-22(17)31/h3-5,8,11-12,15,18-19,23,33-34H,1-2,6-7,9-10H2,(H2,24,32)(H2,26,35)(H2,25,27,28)/t15-,18-,19-,23-/m1/s1. The van der Waals surface area contributed by atoms with Gasteiger partial charge in [0.05, 0.1) is 6.33 Å². The molecule has 192 valence electrons. The molecule has 0 spiro atoms. The number of nitrogens with two attached hydrogens (primary N) is 3. The van der Waals surface area contributed by atoms with Crippen molar-refractivity contribution in [2.24, 2.45) is 11.5 Å². The van der Waals surface area contributed by atoms with Crippen LogP contribution in [0.15, 0.2) is 36.9 Å². The lowest BCUT2D eigenvalue weighted by atomic mass is 10.1. The lowest BCUT2D eigenvalue weighted by Crippen LogP contribution is -2.40. The average molecular weight is 499 g/mol. The number of anilines is 1. The van der Waals surface area contributed by atoms with Crippen LogP contribution in [0.5, 0.6) is 0 Å². The molecular weight excluding hydrogens is 468 g/mol. The number of aliphatic hydroxyl groups excluding tert-OH is 2. The average Bonchev–Trinajstić information content (AvgIpc) is 3.39. The molecule has 13 heteroatoms. The quantitative estimate of drug-likeness (QED) is 0.210. The smallest absolute Gasteiger partial charge is 0.248 e. The summed E-state index contributed by atoms with van der Waals surface area (Å²) in [6.07, 6.45) is 0.193. The van der Waals surface area contributed by atoms with E-state index in [1.165, 1.54) is 17.2 Å². The van der Waals surface area contributed by atoms with Crippen molar-refractivity contribution in [3.63, 3.8) is 0 Å². The van der Waals surface area contributed by atoms with Crippen LogP contribution >= 0.6 is 0 Å². The van der Waals surface area contributed by atoms with E-state index in [1.54, 1.807) is 18.2 Å². The van der Waals surface area contributed by atoms with Gasteiger partial charge in [-0.2, -0.15) is 0 Å². The Bertz CT molecular complexity index is 1230. The first-order valence-electron chi connectivity index (χ1n) is 11.6. The zero-order valence-electron chi connectivity index (χ0n) is 19.6. The monoisotopic (exact) mass is 498 g/mol. The van der Waals surface area contributed by atoms with E-state index >= 15 is 0 Å². The Balaban J connectivity index is 1.50. The van der Waals surface area contributed by atoms with Crippen molar-refractivity contribution in [3.05, 3.63) is 48.0 Å². The second-order valence-corrected chi connectivity index (χ2v) is 8.85. The highest BCUT2D eigenvalue weighted by atomic mass is 16.6. The van der Waals surface area contributed by atoms with Crippen molar-refractivity contribution in [3.8, 4) is 0 Å². The van der Waals surface area contributed by atoms with Crippen LogP contribution in [-0.2, 0) is 16.1 Å². The number of aromatic nitrogens is 4. The maximum absolute atomic E-state index is 11.6. The van der Waals surface area contributed by atoms with Gasteiger partial charge < -0.3 is 32.2 Å². The Kier molecular flexibility index (Phi) is 7.74. The van der Waals surface area contributed by atoms with Gasteiger partial charge in [-0.15, -0.1) is 0 Å². The fourth-order valence-corrected chi connectivity index (χ4v) is 4.37. The van der Waals surface area contributed by atoms with Crippen molar-refractivity contribution < 1.29 is 24.5 Å². The number of unbranched alkanes of at least 4 members (excludes halogenated alkanes) is 1.